The van der Waals surface area contributed by atoms with Gasteiger partial charge in [0.15, 0.2) is 0 Å². The summed E-state index contributed by atoms with van der Waals surface area (Å²) in [6, 6.07) is 4.17. The zero-order valence-corrected chi connectivity index (χ0v) is 10.2. The molecule has 0 bridgehead atoms. The fourth-order valence-electron chi connectivity index (χ4n) is 2.12. The third-order valence-corrected chi connectivity index (χ3v) is 3.13. The molecule has 4 nitrogen and oxygen atoms in total. The Bertz CT molecular complexity index is 442. The maximum Gasteiger partial charge on any atom is 0.338 e. The minimum absolute atomic E-state index is 0.207. The zero-order chi connectivity index (χ0) is 13.1. The van der Waals surface area contributed by atoms with Crippen molar-refractivity contribution >= 4 is 11.7 Å². The second kappa shape index (κ2) is 5.35. The molecule has 1 aromatic carbocycles. The highest BCUT2D eigenvalue weighted by atomic mass is 19.1. The van der Waals surface area contributed by atoms with Crippen molar-refractivity contribution in [3.05, 3.63) is 29.6 Å². The number of carbonyl (C=O) groups excluding carboxylic acids is 1. The predicted octanol–water partition coefficient (Wildman–Crippen LogP) is 1.57. The number of esters is 1. The molecule has 0 atom stereocenters. The first kappa shape index (κ1) is 12.8. The van der Waals surface area contributed by atoms with Crippen LogP contribution in [0.1, 0.15) is 23.2 Å². The highest BCUT2D eigenvalue weighted by Gasteiger charge is 2.19. The molecule has 1 heterocycles. The minimum atomic E-state index is -0.548. The molecule has 1 aliphatic rings. The van der Waals surface area contributed by atoms with Crippen molar-refractivity contribution in [2.75, 3.05) is 25.1 Å². The monoisotopic (exact) mass is 253 g/mol. The van der Waals surface area contributed by atoms with Crippen molar-refractivity contribution in [2.24, 2.45) is 0 Å². The molecule has 0 saturated carbocycles. The largest absolute Gasteiger partial charge is 0.465 e. The second-order valence-corrected chi connectivity index (χ2v) is 4.41. The van der Waals surface area contributed by atoms with Crippen LogP contribution in [0.15, 0.2) is 18.2 Å². The number of aliphatic hydroxyl groups excluding tert-OH is 1. The average molecular weight is 253 g/mol. The molecule has 0 spiro atoms. The van der Waals surface area contributed by atoms with E-state index in [-0.39, 0.29) is 11.7 Å². The van der Waals surface area contributed by atoms with Crippen LogP contribution in [-0.4, -0.2) is 37.4 Å². The van der Waals surface area contributed by atoms with Gasteiger partial charge in [0.25, 0.3) is 0 Å². The topological polar surface area (TPSA) is 49.8 Å². The Morgan fingerprint density at radius 2 is 2.06 bits per heavy atom. The number of anilines is 1. The van der Waals surface area contributed by atoms with Gasteiger partial charge in [-0.15, -0.1) is 0 Å². The summed E-state index contributed by atoms with van der Waals surface area (Å²) in [6.07, 6.45) is 1.03. The molecule has 1 aromatic rings. The van der Waals surface area contributed by atoms with E-state index in [0.717, 1.165) is 6.07 Å². The zero-order valence-electron chi connectivity index (χ0n) is 10.2. The molecule has 0 aromatic heterocycles. The molecule has 0 amide bonds. The number of aliphatic hydroxyl groups is 1. The van der Waals surface area contributed by atoms with E-state index in [1.165, 1.54) is 13.2 Å². The lowest BCUT2D eigenvalue weighted by Crippen LogP contribution is -2.35. The Balaban J connectivity index is 2.22. The Morgan fingerprint density at radius 1 is 1.39 bits per heavy atom. The van der Waals surface area contributed by atoms with Gasteiger partial charge in [-0.05, 0) is 31.0 Å². The summed E-state index contributed by atoms with van der Waals surface area (Å²) in [5, 5.41) is 9.43. The summed E-state index contributed by atoms with van der Waals surface area (Å²) in [5.74, 6) is -1.01. The van der Waals surface area contributed by atoms with E-state index >= 15 is 0 Å². The van der Waals surface area contributed by atoms with Gasteiger partial charge in [-0.2, -0.15) is 0 Å². The molecule has 18 heavy (non-hydrogen) atoms. The predicted molar refractivity (Wildman–Crippen MR) is 65.2 cm³/mol. The number of hydrogen-bond donors (Lipinski definition) is 1. The first-order valence-corrected chi connectivity index (χ1v) is 5.92. The van der Waals surface area contributed by atoms with Crippen LogP contribution < -0.4 is 4.90 Å². The SMILES string of the molecule is COC(=O)c1cc(F)cc(N2CCC(O)CC2)c1. The maximum absolute atomic E-state index is 13.5. The molecule has 1 N–H and O–H groups in total. The molecule has 1 fully saturated rings. The summed E-state index contributed by atoms with van der Waals surface area (Å²) >= 11 is 0. The number of nitrogens with zero attached hydrogens (tertiary/aromatic N) is 1. The van der Waals surface area contributed by atoms with E-state index in [4.69, 9.17) is 0 Å². The number of carbonyl (C=O) groups is 1. The normalized spacial score (nSPS) is 16.7. The van der Waals surface area contributed by atoms with Crippen molar-refractivity contribution in [1.82, 2.24) is 0 Å². The van der Waals surface area contributed by atoms with Crippen LogP contribution >= 0.6 is 0 Å². The molecule has 0 aliphatic carbocycles. The van der Waals surface area contributed by atoms with Gasteiger partial charge in [0.1, 0.15) is 5.82 Å². The Morgan fingerprint density at radius 3 is 2.67 bits per heavy atom. The van der Waals surface area contributed by atoms with Gasteiger partial charge in [0.05, 0.1) is 18.8 Å². The summed E-state index contributed by atoms with van der Waals surface area (Å²) < 4.78 is 18.1. The molecular weight excluding hydrogens is 237 g/mol. The number of piperidine rings is 1. The van der Waals surface area contributed by atoms with Gasteiger partial charge in [0.2, 0.25) is 0 Å². The van der Waals surface area contributed by atoms with Gasteiger partial charge >= 0.3 is 5.97 Å². The minimum Gasteiger partial charge on any atom is -0.465 e. The third kappa shape index (κ3) is 2.79. The van der Waals surface area contributed by atoms with Gasteiger partial charge < -0.3 is 14.7 Å². The van der Waals surface area contributed by atoms with Crippen molar-refractivity contribution in [3.8, 4) is 0 Å². The van der Waals surface area contributed by atoms with Crippen LogP contribution in [-0.2, 0) is 4.74 Å². The van der Waals surface area contributed by atoms with E-state index in [0.29, 0.717) is 31.6 Å². The van der Waals surface area contributed by atoms with Gasteiger partial charge in [-0.25, -0.2) is 9.18 Å². The Hall–Kier alpha value is -1.62. The van der Waals surface area contributed by atoms with Crippen molar-refractivity contribution in [2.45, 2.75) is 18.9 Å². The van der Waals surface area contributed by atoms with Crippen LogP contribution in [0.5, 0.6) is 0 Å². The summed E-state index contributed by atoms with van der Waals surface area (Å²) in [6.45, 7) is 1.32. The lowest BCUT2D eigenvalue weighted by molar-refractivity contribution is 0.0600. The third-order valence-electron chi connectivity index (χ3n) is 3.13. The molecular formula is C13H16FNO3. The summed E-state index contributed by atoms with van der Waals surface area (Å²) in [4.78, 5) is 13.4. The van der Waals surface area contributed by atoms with Crippen LogP contribution in [0.2, 0.25) is 0 Å². The number of methoxy groups -OCH3 is 1. The number of halogens is 1. The number of ether oxygens (including phenoxy) is 1. The van der Waals surface area contributed by atoms with Gasteiger partial charge in [-0.1, -0.05) is 0 Å². The highest BCUT2D eigenvalue weighted by molar-refractivity contribution is 5.90. The van der Waals surface area contributed by atoms with Crippen LogP contribution in [0, 0.1) is 5.82 Å². The van der Waals surface area contributed by atoms with Crippen LogP contribution in [0.4, 0.5) is 10.1 Å². The van der Waals surface area contributed by atoms with E-state index in [1.807, 2.05) is 4.90 Å². The Kier molecular flexibility index (Phi) is 3.81. The van der Waals surface area contributed by atoms with Gasteiger partial charge in [0, 0.05) is 18.8 Å². The van der Waals surface area contributed by atoms with Crippen LogP contribution in [0.25, 0.3) is 0 Å². The quantitative estimate of drug-likeness (QED) is 0.813. The Labute approximate surface area is 105 Å². The van der Waals surface area contributed by atoms with Crippen molar-refractivity contribution < 1.29 is 19.0 Å². The molecule has 1 aliphatic heterocycles. The number of hydrogen-bond acceptors (Lipinski definition) is 4. The maximum atomic E-state index is 13.5. The van der Waals surface area contributed by atoms with Crippen LogP contribution in [0.3, 0.4) is 0 Å². The smallest absolute Gasteiger partial charge is 0.338 e. The number of benzene rings is 1. The van der Waals surface area contributed by atoms with E-state index < -0.39 is 11.8 Å². The van der Waals surface area contributed by atoms with E-state index in [2.05, 4.69) is 4.74 Å². The molecule has 98 valence electrons. The first-order chi connectivity index (χ1) is 8.60. The highest BCUT2D eigenvalue weighted by Crippen LogP contribution is 2.23. The summed E-state index contributed by atoms with van der Waals surface area (Å²) in [7, 11) is 1.27. The number of rotatable bonds is 2. The molecule has 5 heteroatoms. The van der Waals surface area contributed by atoms with Crippen molar-refractivity contribution in [3.63, 3.8) is 0 Å². The molecule has 1 saturated heterocycles. The van der Waals surface area contributed by atoms with Gasteiger partial charge in [-0.3, -0.25) is 0 Å². The lowest BCUT2D eigenvalue weighted by atomic mass is 10.1. The molecule has 0 radical (unpaired) electrons. The summed E-state index contributed by atoms with van der Waals surface area (Å²) in [5.41, 5.74) is 0.862. The second-order valence-electron chi connectivity index (χ2n) is 4.41. The van der Waals surface area contributed by atoms with E-state index in [1.54, 1.807) is 6.07 Å². The van der Waals surface area contributed by atoms with E-state index in [9.17, 15) is 14.3 Å². The molecule has 2 rings (SSSR count). The lowest BCUT2D eigenvalue weighted by Gasteiger charge is -2.31. The fraction of sp³-hybridized carbons (Fsp3) is 0.462. The average Bonchev–Trinajstić information content (AvgIpc) is 2.38. The standard InChI is InChI=1S/C13H16FNO3/c1-18-13(17)9-6-10(14)8-11(7-9)15-4-2-12(16)3-5-15/h6-8,12,16H,2-5H2,1H3. The van der Waals surface area contributed by atoms with Crippen molar-refractivity contribution in [1.29, 1.82) is 0 Å². The fourth-order valence-corrected chi connectivity index (χ4v) is 2.12. The first-order valence-electron chi connectivity index (χ1n) is 5.92. The molecule has 0 unspecified atom stereocenters.